The van der Waals surface area contributed by atoms with Crippen molar-refractivity contribution in [2.45, 2.75) is 32.1 Å². The smallest absolute Gasteiger partial charge is 0.219 e. The molecule has 1 fully saturated rings. The summed E-state index contributed by atoms with van der Waals surface area (Å²) in [4.78, 5) is 10.9. The van der Waals surface area contributed by atoms with E-state index in [9.17, 15) is 4.79 Å². The summed E-state index contributed by atoms with van der Waals surface area (Å²) in [7, 11) is 1.69. The van der Waals surface area contributed by atoms with Crippen LogP contribution in [-0.4, -0.2) is 26.0 Å². The van der Waals surface area contributed by atoms with Gasteiger partial charge >= 0.3 is 0 Å². The Morgan fingerprint density at radius 3 is 3.08 bits per heavy atom. The fourth-order valence-electron chi connectivity index (χ4n) is 1.65. The van der Waals surface area contributed by atoms with E-state index in [1.807, 2.05) is 0 Å². The second-order valence-electron chi connectivity index (χ2n) is 3.56. The van der Waals surface area contributed by atoms with Crippen LogP contribution < -0.4 is 10.6 Å². The molecule has 0 spiro atoms. The van der Waals surface area contributed by atoms with E-state index in [0.717, 1.165) is 25.9 Å². The lowest BCUT2D eigenvalue weighted by Crippen LogP contribution is -2.28. The first kappa shape index (κ1) is 10.5. The fraction of sp³-hybridized carbons (Fsp3) is 0.800. The zero-order chi connectivity index (χ0) is 9.52. The molecule has 1 heterocycles. The van der Waals surface area contributed by atoms with Gasteiger partial charge in [0.2, 0.25) is 5.91 Å². The lowest BCUT2D eigenvalue weighted by atomic mass is 9.94. The highest BCUT2D eigenvalue weighted by molar-refractivity contribution is 5.75. The van der Waals surface area contributed by atoms with E-state index in [1.165, 1.54) is 12.8 Å². The lowest BCUT2D eigenvalue weighted by molar-refractivity contribution is -0.120. The number of piperidine rings is 1. The molecule has 13 heavy (non-hydrogen) atoms. The summed E-state index contributed by atoms with van der Waals surface area (Å²) in [6.45, 7) is 2.21. The Kier molecular flexibility index (Phi) is 4.83. The monoisotopic (exact) mass is 183 g/mol. The van der Waals surface area contributed by atoms with E-state index in [0.29, 0.717) is 6.42 Å². The summed E-state index contributed by atoms with van der Waals surface area (Å²) in [6.07, 6.45) is 5.28. The summed E-state index contributed by atoms with van der Waals surface area (Å²) in [5.74, 6) is 1.74. The molecule has 0 bridgehead atoms. The zero-order valence-corrected chi connectivity index (χ0v) is 8.36. The third kappa shape index (κ3) is 4.27. The third-order valence-electron chi connectivity index (χ3n) is 2.47. The molecule has 1 radical (unpaired) electrons. The van der Waals surface area contributed by atoms with E-state index in [2.05, 4.69) is 10.6 Å². The third-order valence-corrected chi connectivity index (χ3v) is 2.47. The standard InChI is InChI=1S/C10H19N2O/c1-11-10(13)6-2-4-9-5-3-7-12-8-9/h12H,2-8H2,1H3,(H,11,13). The van der Waals surface area contributed by atoms with Crippen LogP contribution in [0, 0.1) is 5.92 Å². The predicted octanol–water partition coefficient (Wildman–Crippen LogP) is 0.861. The van der Waals surface area contributed by atoms with Crippen LogP contribution in [0.15, 0.2) is 0 Å². The average molecular weight is 183 g/mol. The predicted molar refractivity (Wildman–Crippen MR) is 53.3 cm³/mol. The first-order valence-electron chi connectivity index (χ1n) is 5.08. The molecule has 0 saturated carbocycles. The number of amides is 1. The largest absolute Gasteiger partial charge is 0.359 e. The Morgan fingerprint density at radius 1 is 1.62 bits per heavy atom. The molecule has 2 N–H and O–H groups in total. The van der Waals surface area contributed by atoms with Crippen LogP contribution >= 0.6 is 0 Å². The summed E-state index contributed by atoms with van der Waals surface area (Å²) in [6, 6.07) is 0. The highest BCUT2D eigenvalue weighted by Crippen LogP contribution is 2.18. The van der Waals surface area contributed by atoms with Gasteiger partial charge in [-0.3, -0.25) is 4.79 Å². The Labute approximate surface area is 80.3 Å². The molecule has 75 valence electrons. The molecule has 0 aromatic heterocycles. The maximum absolute atomic E-state index is 10.9. The minimum absolute atomic E-state index is 0.157. The van der Waals surface area contributed by atoms with Gasteiger partial charge in [-0.15, -0.1) is 0 Å². The highest BCUT2D eigenvalue weighted by Gasteiger charge is 2.13. The van der Waals surface area contributed by atoms with Gasteiger partial charge in [0.1, 0.15) is 0 Å². The van der Waals surface area contributed by atoms with E-state index in [1.54, 1.807) is 13.0 Å². The maximum atomic E-state index is 10.9. The molecule has 0 aliphatic carbocycles. The summed E-state index contributed by atoms with van der Waals surface area (Å²) in [5.41, 5.74) is 0. The number of rotatable bonds is 4. The van der Waals surface area contributed by atoms with Gasteiger partial charge in [0.15, 0.2) is 0 Å². The van der Waals surface area contributed by atoms with Crippen LogP contribution in [0.2, 0.25) is 0 Å². The van der Waals surface area contributed by atoms with Gasteiger partial charge in [0, 0.05) is 20.0 Å². The van der Waals surface area contributed by atoms with Crippen molar-refractivity contribution in [1.29, 1.82) is 0 Å². The second kappa shape index (κ2) is 5.97. The van der Waals surface area contributed by atoms with Crippen LogP contribution in [0.4, 0.5) is 0 Å². The molecule has 3 heteroatoms. The van der Waals surface area contributed by atoms with Crippen LogP contribution in [0.25, 0.3) is 0 Å². The first-order valence-corrected chi connectivity index (χ1v) is 5.08. The average Bonchev–Trinajstić information content (AvgIpc) is 2.19. The summed E-state index contributed by atoms with van der Waals surface area (Å²) < 4.78 is 0. The van der Waals surface area contributed by atoms with Crippen molar-refractivity contribution in [3.63, 3.8) is 0 Å². The minimum Gasteiger partial charge on any atom is -0.359 e. The molecule has 3 nitrogen and oxygen atoms in total. The van der Waals surface area contributed by atoms with Gasteiger partial charge in [-0.05, 0) is 38.1 Å². The topological polar surface area (TPSA) is 41.1 Å². The van der Waals surface area contributed by atoms with Crippen LogP contribution in [0.5, 0.6) is 0 Å². The number of carbonyl (C=O) groups excluding carboxylic acids is 1. The SMILES string of the molecule is CNC(=O)CCC[C]1CCCNC1. The molecular formula is C10H19N2O. The molecule has 0 atom stereocenters. The van der Waals surface area contributed by atoms with Gasteiger partial charge in [-0.25, -0.2) is 0 Å². The molecule has 1 aliphatic heterocycles. The van der Waals surface area contributed by atoms with E-state index >= 15 is 0 Å². The molecule has 0 aromatic carbocycles. The second-order valence-corrected chi connectivity index (χ2v) is 3.56. The van der Waals surface area contributed by atoms with E-state index in [4.69, 9.17) is 0 Å². The van der Waals surface area contributed by atoms with Crippen LogP contribution in [0.1, 0.15) is 32.1 Å². The maximum Gasteiger partial charge on any atom is 0.219 e. The fourth-order valence-corrected chi connectivity index (χ4v) is 1.65. The van der Waals surface area contributed by atoms with E-state index < -0.39 is 0 Å². The Balaban J connectivity index is 2.01. The van der Waals surface area contributed by atoms with Gasteiger partial charge < -0.3 is 10.6 Å². The normalized spacial score (nSPS) is 18.5. The lowest BCUT2D eigenvalue weighted by Gasteiger charge is -2.21. The van der Waals surface area contributed by atoms with Gasteiger partial charge in [0.25, 0.3) is 0 Å². The van der Waals surface area contributed by atoms with Crippen molar-refractivity contribution in [1.82, 2.24) is 10.6 Å². The Hall–Kier alpha value is -0.570. The number of hydrogen-bond acceptors (Lipinski definition) is 2. The van der Waals surface area contributed by atoms with Crippen molar-refractivity contribution in [2.24, 2.45) is 0 Å². The molecule has 1 rings (SSSR count). The van der Waals surface area contributed by atoms with Gasteiger partial charge in [0.05, 0.1) is 0 Å². The number of nitrogens with one attached hydrogen (secondary N) is 2. The van der Waals surface area contributed by atoms with Crippen molar-refractivity contribution in [2.75, 3.05) is 20.1 Å². The Bertz CT molecular complexity index is 153. The van der Waals surface area contributed by atoms with Crippen molar-refractivity contribution in [3.05, 3.63) is 5.92 Å². The molecular weight excluding hydrogens is 164 g/mol. The van der Waals surface area contributed by atoms with Gasteiger partial charge in [-0.2, -0.15) is 0 Å². The summed E-state index contributed by atoms with van der Waals surface area (Å²) >= 11 is 0. The molecule has 1 amide bonds. The quantitative estimate of drug-likeness (QED) is 0.678. The molecule has 1 saturated heterocycles. The van der Waals surface area contributed by atoms with Crippen LogP contribution in [0.3, 0.4) is 0 Å². The molecule has 0 aromatic rings. The first-order chi connectivity index (χ1) is 6.33. The summed E-state index contributed by atoms with van der Waals surface area (Å²) in [5, 5.41) is 5.99. The number of carbonyl (C=O) groups is 1. The highest BCUT2D eigenvalue weighted by atomic mass is 16.1. The minimum atomic E-state index is 0.157. The molecule has 1 aliphatic rings. The Morgan fingerprint density at radius 2 is 2.46 bits per heavy atom. The molecule has 0 unspecified atom stereocenters. The van der Waals surface area contributed by atoms with Crippen molar-refractivity contribution in [3.8, 4) is 0 Å². The zero-order valence-electron chi connectivity index (χ0n) is 8.36. The van der Waals surface area contributed by atoms with Gasteiger partial charge in [-0.1, -0.05) is 0 Å². The van der Waals surface area contributed by atoms with Crippen molar-refractivity contribution < 1.29 is 4.79 Å². The van der Waals surface area contributed by atoms with Crippen molar-refractivity contribution >= 4 is 5.91 Å². The van der Waals surface area contributed by atoms with E-state index in [-0.39, 0.29) is 5.91 Å². The van der Waals surface area contributed by atoms with Crippen LogP contribution in [-0.2, 0) is 4.79 Å². The number of hydrogen-bond donors (Lipinski definition) is 2.